The number of rotatable bonds is 10. The third-order valence-electron chi connectivity index (χ3n) is 6.01. The van der Waals surface area contributed by atoms with Gasteiger partial charge in [0.1, 0.15) is 5.75 Å². The lowest BCUT2D eigenvalue weighted by Crippen LogP contribution is -3.00. The van der Waals surface area contributed by atoms with Gasteiger partial charge in [0.15, 0.2) is 17.6 Å². The molecule has 1 N–H and O–H groups in total. The number of methoxy groups -OCH3 is 2. The van der Waals surface area contributed by atoms with E-state index in [0.29, 0.717) is 28.8 Å². The average Bonchev–Trinajstić information content (AvgIpc) is 2.86. The van der Waals surface area contributed by atoms with Crippen LogP contribution in [0.1, 0.15) is 11.1 Å². The number of benzene rings is 3. The fraction of sp³-hybridized carbons (Fsp3) is 0.296. The molecule has 1 amide bonds. The second-order valence-electron chi connectivity index (χ2n) is 8.20. The van der Waals surface area contributed by atoms with Crippen molar-refractivity contribution in [3.8, 4) is 17.2 Å². The maximum Gasteiger partial charge on any atom is 0.270 e. The smallest absolute Gasteiger partial charge is 0.270 e. The number of hydrogen-bond acceptors (Lipinski definition) is 5. The maximum absolute atomic E-state index is 13.1. The summed E-state index contributed by atoms with van der Waals surface area (Å²) in [7, 11) is 3.26. The first-order valence-corrected chi connectivity index (χ1v) is 11.6. The first-order valence-electron chi connectivity index (χ1n) is 11.2. The lowest BCUT2D eigenvalue weighted by atomic mass is 9.95. The number of amides is 1. The zero-order valence-electron chi connectivity index (χ0n) is 20.0. The lowest BCUT2D eigenvalue weighted by molar-refractivity contribution is -0.134. The summed E-state index contributed by atoms with van der Waals surface area (Å²) in [5.74, 6) is 2.01. The molecule has 1 heterocycles. The molecule has 0 radical (unpaired) electrons. The fourth-order valence-electron chi connectivity index (χ4n) is 4.16. The van der Waals surface area contributed by atoms with Crippen LogP contribution >= 0.6 is 11.6 Å². The maximum atomic E-state index is 13.1. The second kappa shape index (κ2) is 12.2. The van der Waals surface area contributed by atoms with E-state index in [9.17, 15) is 4.79 Å². The van der Waals surface area contributed by atoms with Gasteiger partial charge in [0.25, 0.3) is 5.91 Å². The van der Waals surface area contributed by atoms with Gasteiger partial charge in [0, 0.05) is 17.3 Å². The molecule has 4 rings (SSSR count). The number of carbonyl (C=O) groups excluding carboxylic acids is 1. The van der Waals surface area contributed by atoms with Crippen molar-refractivity contribution in [3.05, 3.63) is 82.9 Å². The molecule has 0 aromatic heterocycles. The number of halogens is 2. The topological polar surface area (TPSA) is 60.0 Å². The molecule has 2 unspecified atom stereocenters. The van der Waals surface area contributed by atoms with Crippen molar-refractivity contribution in [1.82, 2.24) is 5.32 Å². The number of para-hydroxylation sites is 1. The summed E-state index contributed by atoms with van der Waals surface area (Å²) in [5.41, 5.74) is 3.10. The van der Waals surface area contributed by atoms with Crippen molar-refractivity contribution >= 4 is 23.2 Å². The Labute approximate surface area is 217 Å². The molecular weight excluding hydrogens is 487 g/mol. The van der Waals surface area contributed by atoms with Gasteiger partial charge in [-0.05, 0) is 73.5 Å². The largest absolute Gasteiger partial charge is 1.00 e. The summed E-state index contributed by atoms with van der Waals surface area (Å²) in [5, 5.41) is 4.13. The minimum Gasteiger partial charge on any atom is -1.00 e. The van der Waals surface area contributed by atoms with E-state index in [0.717, 1.165) is 29.8 Å². The van der Waals surface area contributed by atoms with Crippen LogP contribution in [0.4, 0.5) is 5.69 Å². The SMILES string of the molecule is COc1ccc(CCNCC2C(Oc3ccc(Cl)cc3)C(=O)N2c2ccccc2C)cc1OC.[Cl-]. The first-order chi connectivity index (χ1) is 16.5. The van der Waals surface area contributed by atoms with E-state index in [1.807, 2.05) is 54.3 Å². The van der Waals surface area contributed by atoms with Gasteiger partial charge in [0.2, 0.25) is 0 Å². The Bertz CT molecular complexity index is 1140. The van der Waals surface area contributed by atoms with Crippen LogP contribution in [0.5, 0.6) is 17.2 Å². The van der Waals surface area contributed by atoms with E-state index in [2.05, 4.69) is 5.32 Å². The first kappa shape index (κ1) is 26.7. The van der Waals surface area contributed by atoms with Crippen molar-refractivity contribution < 1.29 is 31.4 Å². The summed E-state index contributed by atoms with van der Waals surface area (Å²) in [6, 6.07) is 20.8. The van der Waals surface area contributed by atoms with Crippen LogP contribution in [0.15, 0.2) is 66.7 Å². The second-order valence-corrected chi connectivity index (χ2v) is 8.63. The highest BCUT2D eigenvalue weighted by molar-refractivity contribution is 6.30. The monoisotopic (exact) mass is 515 g/mol. The third kappa shape index (κ3) is 6.01. The van der Waals surface area contributed by atoms with Crippen molar-refractivity contribution in [1.29, 1.82) is 0 Å². The minimum atomic E-state index is -0.561. The molecule has 1 aliphatic heterocycles. The number of carbonyl (C=O) groups is 1. The summed E-state index contributed by atoms with van der Waals surface area (Å²) in [6.45, 7) is 3.36. The number of nitrogens with one attached hydrogen (secondary N) is 1. The molecule has 0 spiro atoms. The Kier molecular flexibility index (Phi) is 9.26. The number of β-lactam (4-membered cyclic amide) rings is 1. The molecule has 1 aliphatic rings. The molecule has 0 aliphatic carbocycles. The van der Waals surface area contributed by atoms with Crippen LogP contribution in [-0.4, -0.2) is 45.4 Å². The summed E-state index contributed by atoms with van der Waals surface area (Å²) in [6.07, 6.45) is 0.253. The van der Waals surface area contributed by atoms with E-state index in [1.165, 1.54) is 0 Å². The molecule has 3 aromatic carbocycles. The van der Waals surface area contributed by atoms with Gasteiger partial charge in [-0.15, -0.1) is 0 Å². The number of hydrogen-bond donors (Lipinski definition) is 1. The third-order valence-corrected chi connectivity index (χ3v) is 6.26. The van der Waals surface area contributed by atoms with Gasteiger partial charge in [-0.2, -0.15) is 0 Å². The number of nitrogens with zero attached hydrogens (tertiary/aromatic N) is 1. The van der Waals surface area contributed by atoms with Crippen LogP contribution in [0, 0.1) is 6.92 Å². The van der Waals surface area contributed by atoms with E-state index < -0.39 is 6.10 Å². The number of aryl methyl sites for hydroxylation is 1. The number of anilines is 1. The molecule has 1 fully saturated rings. The van der Waals surface area contributed by atoms with Gasteiger partial charge >= 0.3 is 0 Å². The van der Waals surface area contributed by atoms with Gasteiger partial charge < -0.3 is 36.8 Å². The molecule has 2 atom stereocenters. The number of ether oxygens (including phenoxy) is 3. The van der Waals surface area contributed by atoms with Crippen molar-refractivity contribution in [2.45, 2.75) is 25.5 Å². The molecule has 0 saturated carbocycles. The predicted molar refractivity (Wildman–Crippen MR) is 134 cm³/mol. The summed E-state index contributed by atoms with van der Waals surface area (Å²) >= 11 is 5.99. The molecular formula is C27H29Cl2N2O4-. The Balaban J connectivity index is 0.00000342. The van der Waals surface area contributed by atoms with Crippen LogP contribution in [-0.2, 0) is 11.2 Å². The molecule has 186 valence electrons. The van der Waals surface area contributed by atoms with Crippen molar-refractivity contribution in [2.75, 3.05) is 32.2 Å². The average molecular weight is 516 g/mol. The van der Waals surface area contributed by atoms with Crippen molar-refractivity contribution in [3.63, 3.8) is 0 Å². The van der Waals surface area contributed by atoms with Gasteiger partial charge in [-0.25, -0.2) is 0 Å². The highest BCUT2D eigenvalue weighted by Gasteiger charge is 2.50. The Morgan fingerprint density at radius 1 is 0.971 bits per heavy atom. The molecule has 1 saturated heterocycles. The summed E-state index contributed by atoms with van der Waals surface area (Å²) in [4.78, 5) is 14.9. The van der Waals surface area contributed by atoms with Gasteiger partial charge in [0.05, 0.1) is 20.3 Å². The highest BCUT2D eigenvalue weighted by atomic mass is 35.5. The highest BCUT2D eigenvalue weighted by Crippen LogP contribution is 2.33. The minimum absolute atomic E-state index is 0. The van der Waals surface area contributed by atoms with Crippen LogP contribution in [0.3, 0.4) is 0 Å². The molecule has 0 bridgehead atoms. The van der Waals surface area contributed by atoms with E-state index in [-0.39, 0.29) is 24.4 Å². The lowest BCUT2D eigenvalue weighted by Gasteiger charge is -2.47. The standard InChI is InChI=1S/C27H29ClN2O4.ClH/c1-18-6-4-5-7-22(18)30-23(26(27(30)31)34-21-11-9-20(28)10-12-21)17-29-15-14-19-8-13-24(32-2)25(16-19)33-3;/h4-13,16,23,26,29H,14-15,17H2,1-3H3;1H/p-1. The Morgan fingerprint density at radius 3 is 2.37 bits per heavy atom. The van der Waals surface area contributed by atoms with E-state index >= 15 is 0 Å². The van der Waals surface area contributed by atoms with Crippen LogP contribution in [0.25, 0.3) is 0 Å². The van der Waals surface area contributed by atoms with Crippen LogP contribution in [0.2, 0.25) is 5.02 Å². The van der Waals surface area contributed by atoms with E-state index in [1.54, 1.807) is 38.5 Å². The van der Waals surface area contributed by atoms with Crippen molar-refractivity contribution in [2.24, 2.45) is 0 Å². The quantitative estimate of drug-likeness (QED) is 0.328. The zero-order valence-corrected chi connectivity index (χ0v) is 21.5. The molecule has 8 heteroatoms. The Hall–Kier alpha value is -2.93. The zero-order chi connectivity index (χ0) is 24.1. The molecule has 3 aromatic rings. The van der Waals surface area contributed by atoms with E-state index in [4.69, 9.17) is 25.8 Å². The molecule has 6 nitrogen and oxygen atoms in total. The van der Waals surface area contributed by atoms with Crippen LogP contribution < -0.4 is 36.8 Å². The normalized spacial score (nSPS) is 16.8. The molecule has 35 heavy (non-hydrogen) atoms. The van der Waals surface area contributed by atoms with Gasteiger partial charge in [-0.1, -0.05) is 35.9 Å². The summed E-state index contributed by atoms with van der Waals surface area (Å²) < 4.78 is 16.8. The van der Waals surface area contributed by atoms with Gasteiger partial charge in [-0.3, -0.25) is 4.79 Å². The predicted octanol–water partition coefficient (Wildman–Crippen LogP) is 1.66. The fourth-order valence-corrected chi connectivity index (χ4v) is 4.28. The Morgan fingerprint density at radius 2 is 1.69 bits per heavy atom.